The maximum atomic E-state index is 13.2. The molecule has 4 fully saturated rings. The molecule has 0 spiro atoms. The van der Waals surface area contributed by atoms with E-state index in [0.717, 1.165) is 25.0 Å². The van der Waals surface area contributed by atoms with Crippen LogP contribution in [0.1, 0.15) is 99.8 Å². The molecule has 5 aliphatic rings. The summed E-state index contributed by atoms with van der Waals surface area (Å²) in [5.41, 5.74) is 0.379. The molecule has 9 atom stereocenters. The third-order valence-electron chi connectivity index (χ3n) is 13.3. The highest BCUT2D eigenvalue weighted by molar-refractivity contribution is 6.15. The van der Waals surface area contributed by atoms with Crippen molar-refractivity contribution in [2.45, 2.75) is 99.8 Å². The first-order chi connectivity index (χ1) is 15.8. The summed E-state index contributed by atoms with van der Waals surface area (Å²) >= 11 is 0. The van der Waals surface area contributed by atoms with Gasteiger partial charge in [0, 0.05) is 12.0 Å². The van der Waals surface area contributed by atoms with Gasteiger partial charge in [0.05, 0.1) is 5.57 Å². The van der Waals surface area contributed by atoms with E-state index in [1.807, 2.05) is 0 Å². The van der Waals surface area contributed by atoms with E-state index in [-0.39, 0.29) is 27.4 Å². The molecule has 0 heterocycles. The number of Topliss-reactive ketones (excluding diaryl/α,β-unsaturated/α-hetero) is 1. The Bertz CT molecular complexity index is 916. The van der Waals surface area contributed by atoms with Gasteiger partial charge in [0.1, 0.15) is 0 Å². The predicted octanol–water partition coefficient (Wildman–Crippen LogP) is 6.63. The van der Waals surface area contributed by atoms with Gasteiger partial charge in [-0.25, -0.2) is 0 Å². The number of carbonyl (C=O) groups excluding carboxylic acids is 2. The number of allylic oxidation sites excluding steroid dienone is 2. The summed E-state index contributed by atoms with van der Waals surface area (Å²) in [5, 5.41) is 10.7. The van der Waals surface area contributed by atoms with Gasteiger partial charge in [0.2, 0.25) is 0 Å². The first kappa shape index (κ1) is 24.7. The molecule has 0 radical (unpaired) electrons. The summed E-state index contributed by atoms with van der Waals surface area (Å²) in [6, 6.07) is 0. The van der Waals surface area contributed by atoms with Crippen LogP contribution in [-0.4, -0.2) is 23.8 Å². The quantitative estimate of drug-likeness (QED) is 0.373. The first-order valence-electron chi connectivity index (χ1n) is 14.2. The highest BCUT2D eigenvalue weighted by atomic mass is 16.3. The second kappa shape index (κ2) is 7.53. The third-order valence-corrected chi connectivity index (χ3v) is 13.3. The van der Waals surface area contributed by atoms with Crippen LogP contribution >= 0.6 is 0 Å². The Hall–Kier alpha value is -0.960. The summed E-state index contributed by atoms with van der Waals surface area (Å²) in [4.78, 5) is 25.2. The fourth-order valence-electron chi connectivity index (χ4n) is 11.5. The van der Waals surface area contributed by atoms with Crippen LogP contribution in [-0.2, 0) is 9.59 Å². The molecular formula is C31H48O3. The maximum absolute atomic E-state index is 13.2. The fourth-order valence-corrected chi connectivity index (χ4v) is 11.5. The lowest BCUT2D eigenvalue weighted by atomic mass is 9.32. The SMILES string of the molecule is CC(C)[C@@H]1CC[C@]2(CO)CC[C@]3(C)[C@H](CC[C@@H]4[C@@]5(C)C=C(C=O)C(=O)C(C)(C)[C@@H]5CC[C@]43C)[C@@H]12. The number of carbonyl (C=O) groups is 2. The van der Waals surface area contributed by atoms with Gasteiger partial charge in [-0.15, -0.1) is 0 Å². The van der Waals surface area contributed by atoms with E-state index in [4.69, 9.17) is 0 Å². The minimum absolute atomic E-state index is 0.0459. The topological polar surface area (TPSA) is 54.4 Å². The van der Waals surface area contributed by atoms with E-state index in [0.29, 0.717) is 41.8 Å². The van der Waals surface area contributed by atoms with Crippen molar-refractivity contribution < 1.29 is 14.7 Å². The number of ketones is 1. The van der Waals surface area contributed by atoms with E-state index >= 15 is 0 Å². The van der Waals surface area contributed by atoms with Crippen LogP contribution in [0, 0.1) is 62.6 Å². The van der Waals surface area contributed by atoms with Crippen molar-refractivity contribution in [2.75, 3.05) is 6.61 Å². The molecule has 0 aromatic heterocycles. The lowest BCUT2D eigenvalue weighted by molar-refractivity contribution is -0.224. The molecule has 4 saturated carbocycles. The molecular weight excluding hydrogens is 420 g/mol. The largest absolute Gasteiger partial charge is 0.396 e. The first-order valence-corrected chi connectivity index (χ1v) is 14.2. The third kappa shape index (κ3) is 2.80. The second-order valence-corrected chi connectivity index (χ2v) is 14.8. The lowest BCUT2D eigenvalue weighted by Gasteiger charge is -2.71. The molecule has 1 N–H and O–H groups in total. The molecule has 34 heavy (non-hydrogen) atoms. The molecule has 3 nitrogen and oxygen atoms in total. The van der Waals surface area contributed by atoms with E-state index in [2.05, 4.69) is 54.5 Å². The summed E-state index contributed by atoms with van der Waals surface area (Å²) in [6.45, 7) is 16.9. The van der Waals surface area contributed by atoms with E-state index in [1.54, 1.807) is 0 Å². The van der Waals surface area contributed by atoms with Crippen LogP contribution in [0.25, 0.3) is 0 Å². The molecule has 5 aliphatic carbocycles. The summed E-state index contributed by atoms with van der Waals surface area (Å²) in [6.07, 6.45) is 12.4. The number of aldehydes is 1. The van der Waals surface area contributed by atoms with Crippen molar-refractivity contribution in [2.24, 2.45) is 62.6 Å². The van der Waals surface area contributed by atoms with Crippen LogP contribution in [0.5, 0.6) is 0 Å². The molecule has 0 aromatic carbocycles. The second-order valence-electron chi connectivity index (χ2n) is 14.8. The van der Waals surface area contributed by atoms with Gasteiger partial charge in [-0.2, -0.15) is 0 Å². The van der Waals surface area contributed by atoms with Crippen LogP contribution in [0.3, 0.4) is 0 Å². The number of aliphatic hydroxyl groups excluding tert-OH is 1. The Morgan fingerprint density at radius 2 is 1.65 bits per heavy atom. The summed E-state index contributed by atoms with van der Waals surface area (Å²) in [5.74, 6) is 3.51. The zero-order valence-corrected chi connectivity index (χ0v) is 22.7. The Balaban J connectivity index is 1.60. The number of rotatable bonds is 3. The van der Waals surface area contributed by atoms with Gasteiger partial charge in [-0.05, 0) is 109 Å². The van der Waals surface area contributed by atoms with Crippen molar-refractivity contribution in [3.8, 4) is 0 Å². The standard InChI is InChI=1S/C31H48O3/c1-19(2)21-10-13-31(18-33)15-14-29(6)22(25(21)31)8-9-24-28(5)16-20(17-32)26(34)27(3,4)23(28)11-12-30(24,29)7/h16-17,19,21-25,33H,8-15,18H2,1-7H3/t21-,22+,23-,24+,25+,28-,29+,30+,31+/m0/s1. The molecule has 190 valence electrons. The molecule has 0 aromatic rings. The van der Waals surface area contributed by atoms with Crippen LogP contribution in [0.2, 0.25) is 0 Å². The van der Waals surface area contributed by atoms with Gasteiger partial charge in [0.15, 0.2) is 12.1 Å². The van der Waals surface area contributed by atoms with Gasteiger partial charge in [-0.1, -0.05) is 54.5 Å². The van der Waals surface area contributed by atoms with E-state index in [1.165, 1.54) is 38.5 Å². The normalized spacial score (nSPS) is 51.7. The van der Waals surface area contributed by atoms with E-state index < -0.39 is 5.41 Å². The minimum Gasteiger partial charge on any atom is -0.396 e. The number of aliphatic hydroxyl groups is 1. The van der Waals surface area contributed by atoms with Gasteiger partial charge < -0.3 is 5.11 Å². The van der Waals surface area contributed by atoms with Gasteiger partial charge in [-0.3, -0.25) is 9.59 Å². The summed E-state index contributed by atoms with van der Waals surface area (Å²) < 4.78 is 0. The maximum Gasteiger partial charge on any atom is 0.171 e. The van der Waals surface area contributed by atoms with Gasteiger partial charge >= 0.3 is 0 Å². The van der Waals surface area contributed by atoms with Crippen LogP contribution in [0.4, 0.5) is 0 Å². The van der Waals surface area contributed by atoms with Crippen LogP contribution in [0.15, 0.2) is 11.6 Å². The van der Waals surface area contributed by atoms with Crippen molar-refractivity contribution in [3.63, 3.8) is 0 Å². The predicted molar refractivity (Wildman–Crippen MR) is 136 cm³/mol. The van der Waals surface area contributed by atoms with Crippen molar-refractivity contribution >= 4 is 12.1 Å². The molecule has 0 amide bonds. The van der Waals surface area contributed by atoms with Gasteiger partial charge in [0.25, 0.3) is 0 Å². The van der Waals surface area contributed by atoms with Crippen molar-refractivity contribution in [1.82, 2.24) is 0 Å². The van der Waals surface area contributed by atoms with Crippen LogP contribution < -0.4 is 0 Å². The Morgan fingerprint density at radius 1 is 0.941 bits per heavy atom. The van der Waals surface area contributed by atoms with Crippen molar-refractivity contribution in [1.29, 1.82) is 0 Å². The molecule has 0 saturated heterocycles. The fraction of sp³-hybridized carbons (Fsp3) is 0.871. The monoisotopic (exact) mass is 468 g/mol. The Labute approximate surface area is 207 Å². The molecule has 0 bridgehead atoms. The molecule has 0 aliphatic heterocycles. The smallest absolute Gasteiger partial charge is 0.171 e. The Morgan fingerprint density at radius 3 is 2.26 bits per heavy atom. The molecule has 5 rings (SSSR count). The van der Waals surface area contributed by atoms with E-state index in [9.17, 15) is 14.7 Å². The zero-order valence-electron chi connectivity index (χ0n) is 22.7. The molecule has 3 heteroatoms. The highest BCUT2D eigenvalue weighted by Gasteiger charge is 2.70. The highest BCUT2D eigenvalue weighted by Crippen LogP contribution is 2.76. The number of fused-ring (bicyclic) bond motifs is 7. The minimum atomic E-state index is -0.481. The molecule has 0 unspecified atom stereocenters. The zero-order chi connectivity index (χ0) is 24.9. The average molecular weight is 469 g/mol. The number of hydrogen-bond acceptors (Lipinski definition) is 3. The Kier molecular flexibility index (Phi) is 5.47. The lowest BCUT2D eigenvalue weighted by Crippen LogP contribution is -2.66. The summed E-state index contributed by atoms with van der Waals surface area (Å²) in [7, 11) is 0. The average Bonchev–Trinajstić information content (AvgIpc) is 3.17. The van der Waals surface area contributed by atoms with Crippen molar-refractivity contribution in [3.05, 3.63) is 11.6 Å². The number of hydrogen-bond donors (Lipinski definition) is 1.